The van der Waals surface area contributed by atoms with Gasteiger partial charge in [0.15, 0.2) is 0 Å². The van der Waals surface area contributed by atoms with Crippen LogP contribution in [0.15, 0.2) is 24.3 Å². The molecule has 0 radical (unpaired) electrons. The highest BCUT2D eigenvalue weighted by Crippen LogP contribution is 2.18. The van der Waals surface area contributed by atoms with E-state index in [2.05, 4.69) is 79.8 Å². The van der Waals surface area contributed by atoms with Crippen molar-refractivity contribution >= 4 is 94.6 Å². The molecule has 26 N–H and O–H groups in total. The first-order valence-electron chi connectivity index (χ1n) is 39.6. The van der Waals surface area contributed by atoms with Crippen LogP contribution in [-0.2, 0) is 83.1 Å². The molecule has 2 rings (SSSR count). The minimum atomic E-state index is -1.90. The molecular weight excluding hydrogens is 1520 g/mol. The number of aliphatic carboxylic acids is 2. The number of hydrogen-bond acceptors (Lipinski definition) is 24. The molecule has 0 aliphatic carbocycles. The fraction of sp³-hybridized carbons (Fsp3) is 0.711. The first-order chi connectivity index (χ1) is 54.5. The second kappa shape index (κ2) is 52.1. The zero-order chi connectivity index (χ0) is 88.0. The third-order valence-electron chi connectivity index (χ3n) is 19.3. The lowest BCUT2D eigenvalue weighted by Gasteiger charge is -2.30. The van der Waals surface area contributed by atoms with E-state index in [0.29, 0.717) is 37.8 Å². The van der Waals surface area contributed by atoms with Crippen LogP contribution in [0.1, 0.15) is 173 Å². The fourth-order valence-corrected chi connectivity index (χ4v) is 12.2. The Morgan fingerprint density at radius 1 is 0.414 bits per heavy atom. The number of aromatic hydroxyl groups is 1. The molecule has 1 aliphatic rings. The molecule has 656 valence electrons. The van der Waals surface area contributed by atoms with Crippen molar-refractivity contribution in [1.29, 1.82) is 0 Å². The number of aliphatic hydroxyl groups excluding tert-OH is 4. The van der Waals surface area contributed by atoms with Crippen molar-refractivity contribution in [2.24, 2.45) is 47.0 Å². The average Bonchev–Trinajstić information content (AvgIpc) is 0.990. The Bertz CT molecular complexity index is 3410. The third-order valence-corrected chi connectivity index (χ3v) is 19.3. The van der Waals surface area contributed by atoms with Crippen molar-refractivity contribution in [2.75, 3.05) is 39.5 Å². The molecule has 0 spiro atoms. The highest BCUT2D eigenvalue weighted by Gasteiger charge is 2.41. The van der Waals surface area contributed by atoms with E-state index in [0.717, 1.165) is 13.3 Å². The van der Waals surface area contributed by atoms with Crippen molar-refractivity contribution in [2.45, 2.75) is 270 Å². The number of carbonyl (C=O) groups excluding carboxylic acids is 14. The van der Waals surface area contributed by atoms with Gasteiger partial charge in [0.25, 0.3) is 0 Å². The molecule has 0 aromatic heterocycles. The Hall–Kier alpha value is -9.74. The van der Waals surface area contributed by atoms with E-state index in [1.165, 1.54) is 39.8 Å². The zero-order valence-corrected chi connectivity index (χ0v) is 68.8. The van der Waals surface area contributed by atoms with Gasteiger partial charge in [-0.3, -0.25) is 71.9 Å². The van der Waals surface area contributed by atoms with Crippen LogP contribution in [0.25, 0.3) is 0 Å². The second-order valence-electron chi connectivity index (χ2n) is 31.2. The number of rotatable bonds is 54. The minimum absolute atomic E-state index is 0.00285. The Labute approximate surface area is 676 Å². The second-order valence-corrected chi connectivity index (χ2v) is 31.2. The number of hydrogen-bond donors (Lipinski definition) is 24. The van der Waals surface area contributed by atoms with Crippen LogP contribution < -0.4 is 91.2 Å². The quantitative estimate of drug-likeness (QED) is 0.0271. The smallest absolute Gasteiger partial charge is 0.326 e. The van der Waals surface area contributed by atoms with Gasteiger partial charge in [0.2, 0.25) is 82.7 Å². The summed E-state index contributed by atoms with van der Waals surface area (Å²) >= 11 is 0. The van der Waals surface area contributed by atoms with Gasteiger partial charge >= 0.3 is 11.9 Å². The van der Waals surface area contributed by atoms with Crippen molar-refractivity contribution < 1.29 is 112 Å². The predicted molar refractivity (Wildman–Crippen MR) is 421 cm³/mol. The molecule has 1 aliphatic heterocycles. The molecule has 40 heteroatoms. The molecule has 116 heavy (non-hydrogen) atoms. The SMILES string of the molecule is CC[C@H](C)[C@H](NC(=O)[C@H](Cc1ccc(O)cc1)NC(=O)[C@@H]1CCCN1)C(=O)N[C@@H](CC(C)C)C(=O)N[C@@H](CC(C)C)C(=O)N[C@H](C(=O)N[C@@H](CO)C(=O)N[C@@H](CO)C(=O)N[C@@H](CCCCN)C(=O)N[C@H](C(=O)N[C@@H](CO)C(=O)N[C@H](C(=O)N[C@H](C(=O)N[C@@H](CCCCN)C(=O)N[C@@H](CC(=O)O)C(=O)O)C(C)C)[C@@H](C)O)C(C)C)C(C)C. The summed E-state index contributed by atoms with van der Waals surface area (Å²) < 4.78 is 0. The molecule has 1 aromatic carbocycles. The van der Waals surface area contributed by atoms with Gasteiger partial charge in [0, 0.05) is 6.42 Å². The summed E-state index contributed by atoms with van der Waals surface area (Å²) in [4.78, 5) is 219. The lowest BCUT2D eigenvalue weighted by molar-refractivity contribution is -0.147. The van der Waals surface area contributed by atoms with Crippen LogP contribution >= 0.6 is 0 Å². The van der Waals surface area contributed by atoms with Crippen molar-refractivity contribution in [1.82, 2.24) is 79.8 Å². The molecule has 0 saturated carbocycles. The number of phenolic OH excluding ortho intramolecular Hbond substituents is 1. The summed E-state index contributed by atoms with van der Waals surface area (Å²) in [6, 6.07) is -16.4. The molecule has 1 heterocycles. The summed E-state index contributed by atoms with van der Waals surface area (Å²) in [5, 5.41) is 109. The van der Waals surface area contributed by atoms with E-state index in [-0.39, 0.29) is 75.6 Å². The van der Waals surface area contributed by atoms with Crippen LogP contribution in [-0.4, -0.2) is 267 Å². The van der Waals surface area contributed by atoms with Gasteiger partial charge in [-0.05, 0) is 144 Å². The first-order valence-corrected chi connectivity index (χ1v) is 39.6. The van der Waals surface area contributed by atoms with E-state index in [1.807, 2.05) is 0 Å². The van der Waals surface area contributed by atoms with Crippen molar-refractivity contribution in [3.05, 3.63) is 29.8 Å². The van der Waals surface area contributed by atoms with Gasteiger partial charge in [0.1, 0.15) is 90.3 Å². The molecule has 1 aromatic rings. The first kappa shape index (κ1) is 102. The summed E-state index contributed by atoms with van der Waals surface area (Å²) in [7, 11) is 0. The Morgan fingerprint density at radius 2 is 0.741 bits per heavy atom. The van der Waals surface area contributed by atoms with Crippen LogP contribution in [0.4, 0.5) is 0 Å². The van der Waals surface area contributed by atoms with E-state index in [4.69, 9.17) is 11.5 Å². The largest absolute Gasteiger partial charge is 0.508 e. The summed E-state index contributed by atoms with van der Waals surface area (Å²) in [5.74, 6) is -20.0. The lowest BCUT2D eigenvalue weighted by Crippen LogP contribution is -2.63. The number of carboxylic acids is 2. The Balaban J connectivity index is 2.32. The molecule has 17 atom stereocenters. The number of carbonyl (C=O) groups is 16. The maximum Gasteiger partial charge on any atom is 0.326 e. The fourth-order valence-electron chi connectivity index (χ4n) is 12.2. The summed E-state index contributed by atoms with van der Waals surface area (Å²) in [5.41, 5.74) is 11.9. The van der Waals surface area contributed by atoms with Gasteiger partial charge in [-0.15, -0.1) is 0 Å². The highest BCUT2D eigenvalue weighted by molar-refractivity contribution is 6.01. The number of amides is 14. The van der Waals surface area contributed by atoms with Gasteiger partial charge in [-0.1, -0.05) is 102 Å². The van der Waals surface area contributed by atoms with Gasteiger partial charge < -0.3 is 127 Å². The number of carboxylic acid groups (broad SMARTS) is 2. The molecular formula is C76H129N17O23. The van der Waals surface area contributed by atoms with E-state index >= 15 is 0 Å². The third kappa shape index (κ3) is 35.4. The Kier molecular flexibility index (Phi) is 45.9. The zero-order valence-electron chi connectivity index (χ0n) is 68.8. The molecule has 0 unspecified atom stereocenters. The molecule has 40 nitrogen and oxygen atoms in total. The molecule has 1 fully saturated rings. The number of nitrogens with two attached hydrogens (primary N) is 2. The standard InChI is InChI=1S/C76H129N17O23/c1-14-42(12)60(92-67(106)51(32-44-23-25-45(98)26-24-44)83-62(101)46-22-19-29-79-46)74(113)84-49(30-37(2)3)65(104)82-50(31-38(4)5)66(105)90-58(40(8)9)73(112)87-54(35-95)69(108)86-53(34-94)68(107)80-48(21-16-18-28-78)64(103)89-57(39(6)7)72(111)88-55(36-96)70(109)93-61(43(13)97)75(114)91-59(41(10)11)71(110)81-47(20-15-17-27-77)63(102)85-52(76(115)116)33-56(99)100/h23-26,37-43,46-55,57-61,79,94-98H,14-22,27-36,77-78H2,1-13H3,(H,80,107)(H,81,110)(H,82,104)(H,83,101)(H,84,113)(H,85,102)(H,86,108)(H,87,112)(H,88,111)(H,89,103)(H,90,105)(H,91,114)(H,92,106)(H,93,109)(H,99,100)(H,115,116)/t42-,43+,46-,47-,48-,49-,50-,51-,52-,53-,54-,55-,57-,58-,59-,60-,61-/m0/s1. The minimum Gasteiger partial charge on any atom is -0.508 e. The monoisotopic (exact) mass is 1650 g/mol. The van der Waals surface area contributed by atoms with Crippen LogP contribution in [0, 0.1) is 35.5 Å². The van der Waals surface area contributed by atoms with E-state index in [1.54, 1.807) is 67.5 Å². The maximum atomic E-state index is 14.5. The molecule has 1 saturated heterocycles. The highest BCUT2D eigenvalue weighted by atomic mass is 16.4. The van der Waals surface area contributed by atoms with Crippen LogP contribution in [0.3, 0.4) is 0 Å². The number of aliphatic hydroxyl groups is 4. The predicted octanol–water partition coefficient (Wildman–Crippen LogP) is -5.24. The number of nitrogens with one attached hydrogen (secondary N) is 15. The Morgan fingerprint density at radius 3 is 1.13 bits per heavy atom. The number of phenols is 1. The topological polar surface area (TPSA) is 647 Å². The lowest BCUT2D eigenvalue weighted by atomic mass is 9.95. The maximum absolute atomic E-state index is 14.5. The average molecular weight is 1650 g/mol. The van der Waals surface area contributed by atoms with Crippen LogP contribution in [0.2, 0.25) is 0 Å². The van der Waals surface area contributed by atoms with Gasteiger partial charge in [0.05, 0.1) is 38.4 Å². The molecule has 14 amide bonds. The van der Waals surface area contributed by atoms with Crippen molar-refractivity contribution in [3.63, 3.8) is 0 Å². The van der Waals surface area contributed by atoms with Gasteiger partial charge in [-0.2, -0.15) is 0 Å². The normalized spacial score (nSPS) is 16.9. The van der Waals surface area contributed by atoms with E-state index in [9.17, 15) is 112 Å². The van der Waals surface area contributed by atoms with Crippen molar-refractivity contribution in [3.8, 4) is 5.75 Å². The van der Waals surface area contributed by atoms with Crippen LogP contribution in [0.5, 0.6) is 5.75 Å². The number of unbranched alkanes of at least 4 members (excludes halogenated alkanes) is 2. The van der Waals surface area contributed by atoms with Gasteiger partial charge in [-0.25, -0.2) is 4.79 Å². The number of benzene rings is 1. The summed E-state index contributed by atoms with van der Waals surface area (Å²) in [6.07, 6.45) is -0.151. The summed E-state index contributed by atoms with van der Waals surface area (Å²) in [6.45, 7) is 18.3. The molecule has 0 bridgehead atoms. The van der Waals surface area contributed by atoms with E-state index < -0.39 is 241 Å².